The number of aliphatic hydroxyl groups excluding tert-OH is 1. The fourth-order valence-corrected chi connectivity index (χ4v) is 4.68. The summed E-state index contributed by atoms with van der Waals surface area (Å²) in [6, 6.07) is 19.6. The van der Waals surface area contributed by atoms with Crippen LogP contribution < -0.4 is 11.0 Å². The molecule has 2 aromatic heterocycles. The first-order valence-electron chi connectivity index (χ1n) is 13.6. The Kier molecular flexibility index (Phi) is 10.3. The molecule has 212 valence electrons. The second kappa shape index (κ2) is 14.2. The maximum Gasteiger partial charge on any atom is 0.257 e. The number of aliphatic hydroxyl groups is 1. The number of carbonyl (C=O) groups excluding carboxylic acids is 1. The van der Waals surface area contributed by atoms with E-state index < -0.39 is 0 Å². The van der Waals surface area contributed by atoms with Gasteiger partial charge in [0.15, 0.2) is 5.84 Å². The summed E-state index contributed by atoms with van der Waals surface area (Å²) < 4.78 is 1.67. The average molecular weight is 554 g/mol. The Labute approximate surface area is 239 Å². The van der Waals surface area contributed by atoms with Crippen LogP contribution in [0.15, 0.2) is 76.6 Å². The molecule has 0 saturated carbocycles. The van der Waals surface area contributed by atoms with Crippen LogP contribution in [0.25, 0.3) is 11.1 Å². The molecule has 2 heterocycles. The van der Waals surface area contributed by atoms with Crippen LogP contribution in [-0.4, -0.2) is 45.4 Å². The summed E-state index contributed by atoms with van der Waals surface area (Å²) in [6.07, 6.45) is 4.36. The predicted molar refractivity (Wildman–Crippen MR) is 159 cm³/mol. The van der Waals surface area contributed by atoms with Gasteiger partial charge >= 0.3 is 0 Å². The van der Waals surface area contributed by atoms with Crippen LogP contribution in [0.3, 0.4) is 0 Å². The van der Waals surface area contributed by atoms with Crippen LogP contribution in [0.1, 0.15) is 52.8 Å². The van der Waals surface area contributed by atoms with E-state index in [1.54, 1.807) is 17.8 Å². The first kappa shape index (κ1) is 29.5. The monoisotopic (exact) mass is 553 g/mol. The quantitative estimate of drug-likeness (QED) is 0.0901. The molecule has 0 spiro atoms. The molecule has 0 fully saturated rings. The number of aromatic nitrogens is 3. The van der Waals surface area contributed by atoms with Crippen molar-refractivity contribution in [3.8, 4) is 11.1 Å². The summed E-state index contributed by atoms with van der Waals surface area (Å²) in [5.41, 5.74) is 9.44. The van der Waals surface area contributed by atoms with E-state index in [4.69, 9.17) is 9.82 Å². The van der Waals surface area contributed by atoms with Gasteiger partial charge in [0, 0.05) is 30.8 Å². The summed E-state index contributed by atoms with van der Waals surface area (Å²) in [5.74, 6) is 1.17. The second-order valence-corrected chi connectivity index (χ2v) is 9.61. The number of amidine groups is 1. The first-order valence-corrected chi connectivity index (χ1v) is 13.6. The summed E-state index contributed by atoms with van der Waals surface area (Å²) >= 11 is 0. The summed E-state index contributed by atoms with van der Waals surface area (Å²) in [4.78, 5) is 43.1. The number of hydrogen-bond donors (Lipinski definition) is 2. The van der Waals surface area contributed by atoms with Gasteiger partial charge in [-0.2, -0.15) is 0 Å². The van der Waals surface area contributed by atoms with Crippen molar-refractivity contribution in [3.63, 3.8) is 0 Å². The van der Waals surface area contributed by atoms with Gasteiger partial charge in [0.05, 0.1) is 24.5 Å². The van der Waals surface area contributed by atoms with E-state index in [9.17, 15) is 14.7 Å². The third-order valence-electron chi connectivity index (χ3n) is 6.79. The van der Waals surface area contributed by atoms with Crippen molar-refractivity contribution < 1.29 is 14.7 Å². The number of carbonyl (C=O) groups is 1. The van der Waals surface area contributed by atoms with Crippen molar-refractivity contribution in [2.75, 3.05) is 13.7 Å². The summed E-state index contributed by atoms with van der Waals surface area (Å²) in [6.45, 7) is 4.08. The molecule has 0 saturated heterocycles. The molecule has 0 aliphatic carbocycles. The van der Waals surface area contributed by atoms with Crippen LogP contribution in [0, 0.1) is 6.92 Å². The number of benzene rings is 2. The number of hydroxylamine groups is 1. The lowest BCUT2D eigenvalue weighted by Gasteiger charge is -2.16. The van der Waals surface area contributed by atoms with E-state index in [0.29, 0.717) is 36.5 Å². The number of pyridine rings is 1. The van der Waals surface area contributed by atoms with E-state index in [0.717, 1.165) is 52.0 Å². The molecule has 4 rings (SSSR count). The lowest BCUT2D eigenvalue weighted by Crippen LogP contribution is -2.30. The molecule has 0 amide bonds. The number of hydrogen-bond acceptors (Lipinski definition) is 7. The SMILES string of the molecule is CCCc1nc(C)n(Cc2ccc(CO)cn2)c(=O)c1Cc1ccc(-c2ccccc2C(=NC)NOCC=O)cc1. The van der Waals surface area contributed by atoms with E-state index in [1.165, 1.54) is 0 Å². The van der Waals surface area contributed by atoms with Gasteiger partial charge in [-0.1, -0.05) is 67.9 Å². The van der Waals surface area contributed by atoms with Gasteiger partial charge in [-0.15, -0.1) is 0 Å². The highest BCUT2D eigenvalue weighted by Crippen LogP contribution is 2.25. The number of aryl methyl sites for hydroxylation is 2. The van der Waals surface area contributed by atoms with Crippen molar-refractivity contribution in [1.29, 1.82) is 0 Å². The van der Waals surface area contributed by atoms with E-state index in [1.807, 2.05) is 67.6 Å². The molecule has 41 heavy (non-hydrogen) atoms. The fraction of sp³-hybridized carbons (Fsp3) is 0.281. The Morgan fingerprint density at radius 1 is 1.10 bits per heavy atom. The standard InChI is InChI=1S/C32H35N5O4/c1-4-7-30-29(32(40)37(22(2)35-30)20-26-15-12-24(21-39)19-34-26)18-23-10-13-25(14-11-23)27-8-5-6-9-28(27)31(33-3)36-41-17-16-38/h5-6,8-16,19,39H,4,7,17-18,20-21H2,1-3H3,(H,33,36). The molecular formula is C32H35N5O4. The summed E-state index contributed by atoms with van der Waals surface area (Å²) in [7, 11) is 1.66. The van der Waals surface area contributed by atoms with Crippen molar-refractivity contribution in [1.82, 2.24) is 20.0 Å². The minimum absolute atomic E-state index is 0.0615. The van der Waals surface area contributed by atoms with Crippen LogP contribution in [0.4, 0.5) is 0 Å². The van der Waals surface area contributed by atoms with E-state index in [-0.39, 0.29) is 18.8 Å². The molecule has 2 N–H and O–H groups in total. The Hall–Kier alpha value is -4.47. The molecule has 0 atom stereocenters. The van der Waals surface area contributed by atoms with Crippen LogP contribution in [0.5, 0.6) is 0 Å². The third kappa shape index (κ3) is 7.19. The Balaban J connectivity index is 1.63. The maximum absolute atomic E-state index is 13.8. The van der Waals surface area contributed by atoms with Crippen LogP contribution in [0.2, 0.25) is 0 Å². The highest BCUT2D eigenvalue weighted by atomic mass is 16.6. The number of nitrogens with one attached hydrogen (secondary N) is 1. The molecule has 0 bridgehead atoms. The van der Waals surface area contributed by atoms with Crippen molar-refractivity contribution in [3.05, 3.63) is 117 Å². The van der Waals surface area contributed by atoms with Crippen LogP contribution >= 0.6 is 0 Å². The first-order chi connectivity index (χ1) is 20.0. The van der Waals surface area contributed by atoms with E-state index in [2.05, 4.69) is 22.4 Å². The zero-order valence-electron chi connectivity index (χ0n) is 23.6. The van der Waals surface area contributed by atoms with Crippen LogP contribution in [-0.2, 0) is 35.6 Å². The van der Waals surface area contributed by atoms with Gasteiger partial charge in [-0.25, -0.2) is 10.5 Å². The smallest absolute Gasteiger partial charge is 0.257 e. The van der Waals surface area contributed by atoms with Gasteiger partial charge < -0.3 is 9.90 Å². The van der Waals surface area contributed by atoms with Crippen molar-refractivity contribution >= 4 is 12.1 Å². The lowest BCUT2D eigenvalue weighted by atomic mass is 9.96. The number of rotatable bonds is 12. The number of aliphatic imine (C=N–C) groups is 1. The topological polar surface area (TPSA) is 119 Å². The Bertz CT molecular complexity index is 1560. The molecule has 0 unspecified atom stereocenters. The molecule has 0 radical (unpaired) electrons. The van der Waals surface area contributed by atoms with Crippen molar-refractivity contribution in [2.45, 2.75) is 46.3 Å². The lowest BCUT2D eigenvalue weighted by molar-refractivity contribution is -0.113. The van der Waals surface area contributed by atoms with Crippen molar-refractivity contribution in [2.24, 2.45) is 4.99 Å². The average Bonchev–Trinajstić information content (AvgIpc) is 3.00. The minimum atomic E-state index is -0.0853. The van der Waals surface area contributed by atoms with Gasteiger partial charge in [-0.3, -0.25) is 24.2 Å². The largest absolute Gasteiger partial charge is 0.392 e. The van der Waals surface area contributed by atoms with E-state index >= 15 is 0 Å². The fourth-order valence-electron chi connectivity index (χ4n) is 4.68. The maximum atomic E-state index is 13.8. The number of aldehydes is 1. The highest BCUT2D eigenvalue weighted by Gasteiger charge is 2.16. The molecular weight excluding hydrogens is 518 g/mol. The Morgan fingerprint density at radius 2 is 1.85 bits per heavy atom. The molecule has 9 nitrogen and oxygen atoms in total. The number of nitrogens with zero attached hydrogens (tertiary/aromatic N) is 4. The molecule has 9 heteroatoms. The normalized spacial score (nSPS) is 11.5. The van der Waals surface area contributed by atoms with Gasteiger partial charge in [-0.05, 0) is 41.7 Å². The molecule has 4 aromatic rings. The van der Waals surface area contributed by atoms with Gasteiger partial charge in [0.2, 0.25) is 0 Å². The molecule has 0 aliphatic rings. The minimum Gasteiger partial charge on any atom is -0.392 e. The zero-order valence-corrected chi connectivity index (χ0v) is 23.6. The predicted octanol–water partition coefficient (Wildman–Crippen LogP) is 3.79. The third-order valence-corrected chi connectivity index (χ3v) is 6.79. The molecule has 0 aliphatic heterocycles. The van der Waals surface area contributed by atoms with Gasteiger partial charge in [0.25, 0.3) is 5.56 Å². The van der Waals surface area contributed by atoms with Gasteiger partial charge in [0.1, 0.15) is 18.7 Å². The summed E-state index contributed by atoms with van der Waals surface area (Å²) in [5, 5.41) is 9.31. The zero-order chi connectivity index (χ0) is 29.2. The highest BCUT2D eigenvalue weighted by molar-refractivity contribution is 6.03. The Morgan fingerprint density at radius 3 is 2.51 bits per heavy atom. The molecule has 2 aromatic carbocycles. The second-order valence-electron chi connectivity index (χ2n) is 9.61.